The Hall–Kier alpha value is -1.10. The first-order chi connectivity index (χ1) is 5.90. The Morgan fingerprint density at radius 2 is 2.42 bits per heavy atom. The number of allylic oxidation sites excluding steroid dienone is 1. The van der Waals surface area contributed by atoms with E-state index in [1.54, 1.807) is 6.20 Å². The van der Waals surface area contributed by atoms with Gasteiger partial charge >= 0.3 is 0 Å². The molecule has 2 nitrogen and oxygen atoms in total. The third-order valence-corrected chi connectivity index (χ3v) is 2.70. The van der Waals surface area contributed by atoms with Crippen LogP contribution in [0.4, 0.5) is 0 Å². The second kappa shape index (κ2) is 3.10. The van der Waals surface area contributed by atoms with Gasteiger partial charge in [0.05, 0.1) is 6.07 Å². The summed E-state index contributed by atoms with van der Waals surface area (Å²) in [5.41, 5.74) is 2.19. The number of hydrogen-bond donors (Lipinski definition) is 0. The molecular weight excluding hydrogens is 148 g/mol. The molecule has 0 saturated heterocycles. The van der Waals surface area contributed by atoms with Crippen molar-refractivity contribution in [2.45, 2.75) is 32.1 Å². The fourth-order valence-corrected chi connectivity index (χ4v) is 2.01. The highest BCUT2D eigenvalue weighted by Crippen LogP contribution is 2.29. The predicted octanol–water partition coefficient (Wildman–Crippen LogP) is 2.43. The van der Waals surface area contributed by atoms with Crippen LogP contribution in [0.1, 0.15) is 32.1 Å². The van der Waals surface area contributed by atoms with E-state index in [0.29, 0.717) is 5.92 Å². The van der Waals surface area contributed by atoms with E-state index in [-0.39, 0.29) is 0 Å². The fourth-order valence-electron chi connectivity index (χ4n) is 2.01. The lowest BCUT2D eigenvalue weighted by atomic mass is 9.82. The van der Waals surface area contributed by atoms with Gasteiger partial charge in [-0.3, -0.25) is 4.99 Å². The first kappa shape index (κ1) is 7.54. The number of aliphatic imine (C=N–C) groups is 1. The van der Waals surface area contributed by atoms with Gasteiger partial charge in [0.15, 0.2) is 0 Å². The summed E-state index contributed by atoms with van der Waals surface area (Å²) in [7, 11) is 0. The van der Waals surface area contributed by atoms with Crippen LogP contribution < -0.4 is 0 Å². The summed E-state index contributed by atoms with van der Waals surface area (Å²) in [4.78, 5) is 4.34. The largest absolute Gasteiger partial charge is 0.264 e. The Kier molecular flexibility index (Phi) is 1.95. The van der Waals surface area contributed by atoms with Crippen molar-refractivity contribution in [1.82, 2.24) is 0 Å². The molecule has 62 valence electrons. The van der Waals surface area contributed by atoms with Crippen LogP contribution >= 0.6 is 0 Å². The van der Waals surface area contributed by atoms with Crippen molar-refractivity contribution < 1.29 is 0 Å². The highest BCUT2D eigenvalue weighted by molar-refractivity contribution is 5.89. The Balaban J connectivity index is 2.19. The molecule has 1 aliphatic carbocycles. The maximum absolute atomic E-state index is 8.69. The monoisotopic (exact) mass is 160 g/mol. The molecule has 0 bridgehead atoms. The maximum Gasteiger partial charge on any atom is 0.0963 e. The van der Waals surface area contributed by atoms with Crippen molar-refractivity contribution in [1.29, 1.82) is 5.26 Å². The normalized spacial score (nSPS) is 28.1. The van der Waals surface area contributed by atoms with Gasteiger partial charge in [-0.25, -0.2) is 0 Å². The number of nitriles is 1. The van der Waals surface area contributed by atoms with Crippen molar-refractivity contribution in [2.75, 3.05) is 0 Å². The molecule has 0 spiro atoms. The minimum atomic E-state index is 0.596. The highest BCUT2D eigenvalue weighted by Gasteiger charge is 2.23. The van der Waals surface area contributed by atoms with Gasteiger partial charge in [-0.2, -0.15) is 5.26 Å². The second-order valence-corrected chi connectivity index (χ2v) is 3.53. The molecule has 0 N–H and O–H groups in total. The van der Waals surface area contributed by atoms with Crippen LogP contribution in [0.5, 0.6) is 0 Å². The zero-order valence-corrected chi connectivity index (χ0v) is 7.08. The summed E-state index contributed by atoms with van der Waals surface area (Å²) >= 11 is 0. The predicted molar refractivity (Wildman–Crippen MR) is 47.7 cm³/mol. The lowest BCUT2D eigenvalue weighted by Gasteiger charge is -2.25. The van der Waals surface area contributed by atoms with Crippen molar-refractivity contribution >= 4 is 5.71 Å². The molecule has 2 aliphatic rings. The summed E-state index contributed by atoms with van der Waals surface area (Å²) < 4.78 is 0. The smallest absolute Gasteiger partial charge is 0.0963 e. The molecule has 0 amide bonds. The van der Waals surface area contributed by atoms with Crippen molar-refractivity contribution in [2.24, 2.45) is 10.9 Å². The van der Waals surface area contributed by atoms with Gasteiger partial charge in [0.1, 0.15) is 0 Å². The SMILES string of the molecule is N#CC1=CN=C2CCCCC2C1. The van der Waals surface area contributed by atoms with Gasteiger partial charge in [-0.05, 0) is 25.7 Å². The molecule has 0 aromatic rings. The van der Waals surface area contributed by atoms with Crippen LogP contribution in [0.15, 0.2) is 16.8 Å². The minimum Gasteiger partial charge on any atom is -0.264 e. The lowest BCUT2D eigenvalue weighted by Crippen LogP contribution is -2.21. The van der Waals surface area contributed by atoms with E-state index in [0.717, 1.165) is 18.4 Å². The van der Waals surface area contributed by atoms with E-state index < -0.39 is 0 Å². The summed E-state index contributed by atoms with van der Waals surface area (Å²) in [6, 6.07) is 2.19. The molecule has 1 fully saturated rings. The number of fused-ring (bicyclic) bond motifs is 1. The number of rotatable bonds is 0. The number of hydrogen-bond acceptors (Lipinski definition) is 2. The van der Waals surface area contributed by atoms with Crippen LogP contribution in [0, 0.1) is 17.2 Å². The van der Waals surface area contributed by atoms with E-state index in [9.17, 15) is 0 Å². The van der Waals surface area contributed by atoms with E-state index in [4.69, 9.17) is 5.26 Å². The molecule has 1 unspecified atom stereocenters. The minimum absolute atomic E-state index is 0.596. The molecule has 1 heterocycles. The summed E-state index contributed by atoms with van der Waals surface area (Å²) in [6.07, 6.45) is 7.66. The Morgan fingerprint density at radius 1 is 1.50 bits per heavy atom. The standard InChI is InChI=1S/C10H12N2/c11-6-8-5-9-3-1-2-4-10(9)12-7-8/h7,9H,1-5H2. The fraction of sp³-hybridized carbons (Fsp3) is 0.600. The van der Waals surface area contributed by atoms with Crippen molar-refractivity contribution in [3.63, 3.8) is 0 Å². The first-order valence-electron chi connectivity index (χ1n) is 4.56. The van der Waals surface area contributed by atoms with Gasteiger partial charge in [0, 0.05) is 23.4 Å². The molecule has 1 aliphatic heterocycles. The summed E-state index contributed by atoms with van der Waals surface area (Å²) in [6.45, 7) is 0. The van der Waals surface area contributed by atoms with Crippen LogP contribution in [0.25, 0.3) is 0 Å². The molecule has 0 aromatic carbocycles. The lowest BCUT2D eigenvalue weighted by molar-refractivity contribution is 0.520. The van der Waals surface area contributed by atoms with Gasteiger partial charge in [0.2, 0.25) is 0 Å². The number of nitrogens with zero attached hydrogens (tertiary/aromatic N) is 2. The highest BCUT2D eigenvalue weighted by atomic mass is 14.7. The Labute approximate surface area is 72.6 Å². The molecule has 0 aromatic heterocycles. The quantitative estimate of drug-likeness (QED) is 0.536. The van der Waals surface area contributed by atoms with Crippen molar-refractivity contribution in [3.8, 4) is 6.07 Å². The average Bonchev–Trinajstić information content (AvgIpc) is 2.17. The average molecular weight is 160 g/mol. The van der Waals surface area contributed by atoms with Crippen LogP contribution in [-0.4, -0.2) is 5.71 Å². The van der Waals surface area contributed by atoms with Gasteiger partial charge in [-0.15, -0.1) is 0 Å². The maximum atomic E-state index is 8.69. The Bertz CT molecular complexity index is 281. The third-order valence-electron chi connectivity index (χ3n) is 2.70. The first-order valence-corrected chi connectivity index (χ1v) is 4.56. The zero-order chi connectivity index (χ0) is 8.39. The molecule has 12 heavy (non-hydrogen) atoms. The third kappa shape index (κ3) is 1.27. The van der Waals surface area contributed by atoms with E-state index in [2.05, 4.69) is 11.1 Å². The van der Waals surface area contributed by atoms with E-state index >= 15 is 0 Å². The van der Waals surface area contributed by atoms with E-state index in [1.165, 1.54) is 25.0 Å². The van der Waals surface area contributed by atoms with Crippen molar-refractivity contribution in [3.05, 3.63) is 11.8 Å². The molecule has 1 atom stereocenters. The van der Waals surface area contributed by atoms with Gasteiger partial charge in [-0.1, -0.05) is 6.42 Å². The Morgan fingerprint density at radius 3 is 3.25 bits per heavy atom. The van der Waals surface area contributed by atoms with E-state index in [1.807, 2.05) is 0 Å². The topological polar surface area (TPSA) is 36.1 Å². The van der Waals surface area contributed by atoms with Crippen LogP contribution in [0.2, 0.25) is 0 Å². The van der Waals surface area contributed by atoms with Crippen LogP contribution in [-0.2, 0) is 0 Å². The molecule has 2 rings (SSSR count). The van der Waals surface area contributed by atoms with Crippen LogP contribution in [0.3, 0.4) is 0 Å². The molecule has 0 radical (unpaired) electrons. The summed E-state index contributed by atoms with van der Waals surface area (Å²) in [5, 5.41) is 8.69. The van der Waals surface area contributed by atoms with Gasteiger partial charge < -0.3 is 0 Å². The summed E-state index contributed by atoms with van der Waals surface area (Å²) in [5.74, 6) is 0.596. The van der Waals surface area contributed by atoms with Gasteiger partial charge in [0.25, 0.3) is 0 Å². The zero-order valence-electron chi connectivity index (χ0n) is 7.08. The molecule has 2 heteroatoms. The molecule has 1 saturated carbocycles. The molecular formula is C10H12N2. The second-order valence-electron chi connectivity index (χ2n) is 3.53.